The molecule has 3 rings (SSSR count). The molecular formula is C21H24N4O4. The number of rotatable bonds is 6. The van der Waals surface area contributed by atoms with Crippen LogP contribution in [0, 0.1) is 0 Å². The highest BCUT2D eigenvalue weighted by Gasteiger charge is 2.18. The molecule has 1 saturated heterocycles. The highest BCUT2D eigenvalue weighted by atomic mass is 16.5. The van der Waals surface area contributed by atoms with E-state index in [-0.39, 0.29) is 24.3 Å². The summed E-state index contributed by atoms with van der Waals surface area (Å²) in [6.07, 6.45) is 0. The molecule has 0 bridgehead atoms. The van der Waals surface area contributed by atoms with Crippen LogP contribution >= 0.6 is 0 Å². The average Bonchev–Trinajstić information content (AvgIpc) is 2.73. The van der Waals surface area contributed by atoms with Gasteiger partial charge in [0.1, 0.15) is 0 Å². The van der Waals surface area contributed by atoms with Crippen LogP contribution in [-0.4, -0.2) is 55.5 Å². The fourth-order valence-corrected chi connectivity index (χ4v) is 2.91. The molecule has 1 aliphatic rings. The maximum absolute atomic E-state index is 12.4. The number of ether oxygens (including phenoxy) is 1. The van der Waals surface area contributed by atoms with Crippen LogP contribution in [0.25, 0.3) is 0 Å². The van der Waals surface area contributed by atoms with Crippen LogP contribution in [0.3, 0.4) is 0 Å². The van der Waals surface area contributed by atoms with E-state index in [4.69, 9.17) is 4.74 Å². The summed E-state index contributed by atoms with van der Waals surface area (Å²) in [5.41, 5.74) is 2.67. The van der Waals surface area contributed by atoms with Crippen LogP contribution < -0.4 is 16.0 Å². The highest BCUT2D eigenvalue weighted by molar-refractivity contribution is 5.96. The number of carbonyl (C=O) groups excluding carboxylic acids is 3. The fourth-order valence-electron chi connectivity index (χ4n) is 2.91. The molecule has 3 N–H and O–H groups in total. The number of nitrogens with zero attached hydrogens (tertiary/aromatic N) is 1. The lowest BCUT2D eigenvalue weighted by atomic mass is 10.1. The molecule has 1 aliphatic heterocycles. The van der Waals surface area contributed by atoms with Crippen molar-refractivity contribution >= 4 is 34.8 Å². The van der Waals surface area contributed by atoms with Crippen LogP contribution in [0.5, 0.6) is 0 Å². The summed E-state index contributed by atoms with van der Waals surface area (Å²) in [6, 6.07) is 13.9. The molecular weight excluding hydrogens is 372 g/mol. The first kappa shape index (κ1) is 20.3. The second kappa shape index (κ2) is 9.70. The van der Waals surface area contributed by atoms with E-state index in [1.807, 2.05) is 0 Å². The summed E-state index contributed by atoms with van der Waals surface area (Å²) in [7, 11) is 0. The van der Waals surface area contributed by atoms with Gasteiger partial charge < -0.3 is 25.6 Å². The average molecular weight is 396 g/mol. The molecule has 0 aliphatic carbocycles. The Morgan fingerprint density at radius 1 is 0.862 bits per heavy atom. The lowest BCUT2D eigenvalue weighted by Crippen LogP contribution is -2.40. The zero-order valence-electron chi connectivity index (χ0n) is 16.2. The Morgan fingerprint density at radius 3 is 2.03 bits per heavy atom. The molecule has 29 heavy (non-hydrogen) atoms. The van der Waals surface area contributed by atoms with Gasteiger partial charge in [0.15, 0.2) is 0 Å². The smallest absolute Gasteiger partial charge is 0.254 e. The first-order chi connectivity index (χ1) is 14.0. The van der Waals surface area contributed by atoms with Gasteiger partial charge in [-0.2, -0.15) is 0 Å². The second-order valence-electron chi connectivity index (χ2n) is 6.64. The molecule has 0 aromatic heterocycles. The van der Waals surface area contributed by atoms with E-state index < -0.39 is 0 Å². The van der Waals surface area contributed by atoms with E-state index in [0.717, 1.165) is 5.69 Å². The van der Waals surface area contributed by atoms with E-state index in [1.165, 1.54) is 6.92 Å². The molecule has 0 saturated carbocycles. The van der Waals surface area contributed by atoms with Crippen molar-refractivity contribution in [3.05, 3.63) is 54.1 Å². The molecule has 2 aromatic carbocycles. The predicted octanol–water partition coefficient (Wildman–Crippen LogP) is 2.17. The predicted molar refractivity (Wildman–Crippen MR) is 111 cm³/mol. The minimum atomic E-state index is -0.205. The first-order valence-electron chi connectivity index (χ1n) is 9.40. The molecule has 2 aromatic rings. The minimum Gasteiger partial charge on any atom is -0.378 e. The molecule has 1 heterocycles. The molecule has 152 valence electrons. The molecule has 3 amide bonds. The van der Waals surface area contributed by atoms with Crippen molar-refractivity contribution in [1.82, 2.24) is 4.90 Å². The third-order valence-electron chi connectivity index (χ3n) is 4.37. The molecule has 0 atom stereocenters. The van der Waals surface area contributed by atoms with Crippen LogP contribution in [0.15, 0.2) is 48.5 Å². The summed E-state index contributed by atoms with van der Waals surface area (Å²) in [4.78, 5) is 37.4. The van der Waals surface area contributed by atoms with Crippen LogP contribution in [0.4, 0.5) is 17.1 Å². The van der Waals surface area contributed by atoms with Crippen molar-refractivity contribution in [2.24, 2.45) is 0 Å². The Labute approximate surface area is 169 Å². The molecule has 8 heteroatoms. The quantitative estimate of drug-likeness (QED) is 0.695. The van der Waals surface area contributed by atoms with E-state index in [1.54, 1.807) is 53.4 Å². The molecule has 0 radical (unpaired) electrons. The summed E-state index contributed by atoms with van der Waals surface area (Å²) in [5, 5.41) is 8.50. The number of benzene rings is 2. The highest BCUT2D eigenvalue weighted by Crippen LogP contribution is 2.14. The van der Waals surface area contributed by atoms with E-state index in [9.17, 15) is 14.4 Å². The summed E-state index contributed by atoms with van der Waals surface area (Å²) >= 11 is 0. The van der Waals surface area contributed by atoms with Gasteiger partial charge in [-0.05, 0) is 48.5 Å². The largest absolute Gasteiger partial charge is 0.378 e. The Balaban J connectivity index is 1.47. The van der Waals surface area contributed by atoms with Gasteiger partial charge in [0.25, 0.3) is 5.91 Å². The van der Waals surface area contributed by atoms with Gasteiger partial charge in [-0.25, -0.2) is 0 Å². The Kier molecular flexibility index (Phi) is 6.80. The van der Waals surface area contributed by atoms with Crippen molar-refractivity contribution in [1.29, 1.82) is 0 Å². The van der Waals surface area contributed by atoms with Crippen molar-refractivity contribution in [3.8, 4) is 0 Å². The Hall–Kier alpha value is -3.39. The fraction of sp³-hybridized carbons (Fsp3) is 0.286. The number of anilines is 3. The SMILES string of the molecule is CC(=O)Nc1ccc(NCC(=O)Nc2ccc(C(=O)N3CCOCC3)cc2)cc1. The van der Waals surface area contributed by atoms with Crippen molar-refractivity contribution in [3.63, 3.8) is 0 Å². The number of amides is 3. The number of nitrogens with one attached hydrogen (secondary N) is 3. The summed E-state index contributed by atoms with van der Waals surface area (Å²) in [6.45, 7) is 3.84. The molecule has 8 nitrogen and oxygen atoms in total. The minimum absolute atomic E-state index is 0.0319. The third kappa shape index (κ3) is 6.05. The lowest BCUT2D eigenvalue weighted by molar-refractivity contribution is -0.115. The normalized spacial score (nSPS) is 13.5. The Morgan fingerprint density at radius 2 is 1.41 bits per heavy atom. The zero-order chi connectivity index (χ0) is 20.6. The zero-order valence-corrected chi connectivity index (χ0v) is 16.2. The van der Waals surface area contributed by atoms with Crippen molar-refractivity contribution in [2.75, 3.05) is 48.8 Å². The first-order valence-corrected chi connectivity index (χ1v) is 9.40. The van der Waals surface area contributed by atoms with Crippen LogP contribution in [0.1, 0.15) is 17.3 Å². The topological polar surface area (TPSA) is 99.8 Å². The standard InChI is InChI=1S/C21H24N4O4/c1-15(26)23-18-8-6-17(7-9-18)22-14-20(27)24-19-4-2-16(3-5-19)21(28)25-10-12-29-13-11-25/h2-9,22H,10-14H2,1H3,(H,23,26)(H,24,27). The Bertz CT molecular complexity index is 859. The van der Waals surface area contributed by atoms with E-state index >= 15 is 0 Å². The van der Waals surface area contributed by atoms with Gasteiger partial charge in [-0.1, -0.05) is 0 Å². The number of hydrogen-bond donors (Lipinski definition) is 3. The second-order valence-corrected chi connectivity index (χ2v) is 6.64. The third-order valence-corrected chi connectivity index (χ3v) is 4.37. The van der Waals surface area contributed by atoms with Crippen molar-refractivity contribution in [2.45, 2.75) is 6.92 Å². The van der Waals surface area contributed by atoms with E-state index in [0.29, 0.717) is 43.2 Å². The summed E-state index contributed by atoms with van der Waals surface area (Å²) < 4.78 is 5.26. The van der Waals surface area contributed by atoms with Gasteiger partial charge in [0.05, 0.1) is 19.8 Å². The number of morpholine rings is 1. The van der Waals surface area contributed by atoms with Crippen LogP contribution in [-0.2, 0) is 14.3 Å². The molecule has 1 fully saturated rings. The van der Waals surface area contributed by atoms with E-state index in [2.05, 4.69) is 16.0 Å². The van der Waals surface area contributed by atoms with Gasteiger partial charge in [0.2, 0.25) is 11.8 Å². The van der Waals surface area contributed by atoms with Crippen LogP contribution in [0.2, 0.25) is 0 Å². The number of carbonyl (C=O) groups is 3. The number of hydrogen-bond acceptors (Lipinski definition) is 5. The monoisotopic (exact) mass is 396 g/mol. The van der Waals surface area contributed by atoms with Gasteiger partial charge in [0, 0.05) is 42.6 Å². The summed E-state index contributed by atoms with van der Waals surface area (Å²) in [5.74, 6) is -0.374. The van der Waals surface area contributed by atoms with Gasteiger partial charge >= 0.3 is 0 Å². The maximum atomic E-state index is 12.4. The maximum Gasteiger partial charge on any atom is 0.254 e. The lowest BCUT2D eigenvalue weighted by Gasteiger charge is -2.26. The van der Waals surface area contributed by atoms with Gasteiger partial charge in [-0.15, -0.1) is 0 Å². The molecule has 0 spiro atoms. The van der Waals surface area contributed by atoms with Gasteiger partial charge in [-0.3, -0.25) is 14.4 Å². The van der Waals surface area contributed by atoms with Crippen molar-refractivity contribution < 1.29 is 19.1 Å². The molecule has 0 unspecified atom stereocenters.